The van der Waals surface area contributed by atoms with Gasteiger partial charge in [-0.2, -0.15) is 0 Å². The van der Waals surface area contributed by atoms with E-state index in [-0.39, 0.29) is 5.91 Å². The highest BCUT2D eigenvalue weighted by Crippen LogP contribution is 2.19. The Hall–Kier alpha value is -2.33. The Morgan fingerprint density at radius 3 is 2.45 bits per heavy atom. The lowest BCUT2D eigenvalue weighted by molar-refractivity contribution is -0.122. The maximum absolute atomic E-state index is 12.3. The van der Waals surface area contributed by atoms with Crippen LogP contribution in [0.15, 0.2) is 42.5 Å². The number of hydrogen-bond acceptors (Lipinski definition) is 3. The number of nitrogens with one attached hydrogen (secondary N) is 1. The van der Waals surface area contributed by atoms with Gasteiger partial charge in [0.1, 0.15) is 5.75 Å². The van der Waals surface area contributed by atoms with Gasteiger partial charge in [0.15, 0.2) is 6.10 Å². The fourth-order valence-corrected chi connectivity index (χ4v) is 2.31. The quantitative estimate of drug-likeness (QED) is 0.891. The van der Waals surface area contributed by atoms with Crippen molar-refractivity contribution < 1.29 is 9.53 Å². The Morgan fingerprint density at radius 1 is 1.18 bits per heavy atom. The second-order valence-corrected chi connectivity index (χ2v) is 5.43. The van der Waals surface area contributed by atoms with E-state index in [1.54, 1.807) is 6.92 Å². The summed E-state index contributed by atoms with van der Waals surface area (Å²) in [7, 11) is 0. The molecule has 0 saturated heterocycles. The van der Waals surface area contributed by atoms with Crippen LogP contribution in [0.4, 0.5) is 5.69 Å². The standard InChI is InChI=1S/C18H22N2O2/c1-12-8-13(2)10-16(9-12)22-14(3)18(21)20-17-7-5-4-6-15(17)11-19/h4-10,14H,11,19H2,1-3H3,(H,20,21). The van der Waals surface area contributed by atoms with Crippen molar-refractivity contribution in [3.05, 3.63) is 59.2 Å². The van der Waals surface area contributed by atoms with Gasteiger partial charge in [-0.15, -0.1) is 0 Å². The van der Waals surface area contributed by atoms with Gasteiger partial charge < -0.3 is 15.8 Å². The molecule has 4 nitrogen and oxygen atoms in total. The lowest BCUT2D eigenvalue weighted by Crippen LogP contribution is -2.30. The third kappa shape index (κ3) is 4.09. The molecule has 2 aromatic rings. The van der Waals surface area contributed by atoms with Crippen LogP contribution in [-0.4, -0.2) is 12.0 Å². The molecule has 0 saturated carbocycles. The van der Waals surface area contributed by atoms with Gasteiger partial charge in [0.2, 0.25) is 0 Å². The number of para-hydroxylation sites is 1. The van der Waals surface area contributed by atoms with E-state index in [0.717, 1.165) is 22.4 Å². The normalized spacial score (nSPS) is 11.8. The van der Waals surface area contributed by atoms with Crippen molar-refractivity contribution in [2.75, 3.05) is 5.32 Å². The largest absolute Gasteiger partial charge is 0.481 e. The van der Waals surface area contributed by atoms with Crippen molar-refractivity contribution >= 4 is 11.6 Å². The average molecular weight is 298 g/mol. The van der Waals surface area contributed by atoms with E-state index in [2.05, 4.69) is 11.4 Å². The van der Waals surface area contributed by atoms with Gasteiger partial charge in [-0.05, 0) is 55.7 Å². The Balaban J connectivity index is 2.06. The van der Waals surface area contributed by atoms with Gasteiger partial charge in [-0.1, -0.05) is 24.3 Å². The molecule has 0 aliphatic carbocycles. The minimum Gasteiger partial charge on any atom is -0.481 e. The van der Waals surface area contributed by atoms with Crippen molar-refractivity contribution in [3.8, 4) is 5.75 Å². The first-order chi connectivity index (χ1) is 10.5. The molecule has 3 N–H and O–H groups in total. The van der Waals surface area contributed by atoms with Crippen molar-refractivity contribution in [1.29, 1.82) is 0 Å². The van der Waals surface area contributed by atoms with E-state index in [1.165, 1.54) is 0 Å². The zero-order valence-corrected chi connectivity index (χ0v) is 13.2. The topological polar surface area (TPSA) is 64.3 Å². The Labute approximate surface area is 131 Å². The zero-order valence-electron chi connectivity index (χ0n) is 13.2. The lowest BCUT2D eigenvalue weighted by atomic mass is 10.1. The van der Waals surface area contributed by atoms with Crippen LogP contribution in [0.3, 0.4) is 0 Å². The number of hydrogen-bond donors (Lipinski definition) is 2. The molecular formula is C18H22N2O2. The van der Waals surface area contributed by atoms with E-state index in [4.69, 9.17) is 10.5 Å². The van der Waals surface area contributed by atoms with Crippen LogP contribution in [0.5, 0.6) is 5.75 Å². The Bertz CT molecular complexity index is 648. The molecule has 0 fully saturated rings. The maximum Gasteiger partial charge on any atom is 0.265 e. The number of nitrogens with two attached hydrogens (primary N) is 1. The molecule has 0 spiro atoms. The summed E-state index contributed by atoms with van der Waals surface area (Å²) in [5.74, 6) is 0.507. The highest BCUT2D eigenvalue weighted by molar-refractivity contribution is 5.94. The molecule has 0 aromatic heterocycles. The second-order valence-electron chi connectivity index (χ2n) is 5.43. The Morgan fingerprint density at radius 2 is 1.82 bits per heavy atom. The van der Waals surface area contributed by atoms with E-state index in [1.807, 2.05) is 50.2 Å². The molecule has 116 valence electrons. The maximum atomic E-state index is 12.3. The molecule has 22 heavy (non-hydrogen) atoms. The van der Waals surface area contributed by atoms with Crippen LogP contribution in [-0.2, 0) is 11.3 Å². The molecule has 1 amide bonds. The van der Waals surface area contributed by atoms with Gasteiger partial charge in [0.25, 0.3) is 5.91 Å². The van der Waals surface area contributed by atoms with Gasteiger partial charge in [0, 0.05) is 12.2 Å². The number of carbonyl (C=O) groups is 1. The summed E-state index contributed by atoms with van der Waals surface area (Å²) < 4.78 is 5.74. The second kappa shape index (κ2) is 7.09. The molecule has 0 bridgehead atoms. The lowest BCUT2D eigenvalue weighted by Gasteiger charge is -2.17. The van der Waals surface area contributed by atoms with Crippen molar-refractivity contribution in [2.24, 2.45) is 5.73 Å². The first kappa shape index (κ1) is 16.0. The third-order valence-electron chi connectivity index (χ3n) is 3.37. The fourth-order valence-electron chi connectivity index (χ4n) is 2.31. The average Bonchev–Trinajstić information content (AvgIpc) is 2.46. The number of rotatable bonds is 5. The van der Waals surface area contributed by atoms with Gasteiger partial charge in [-0.3, -0.25) is 4.79 Å². The van der Waals surface area contributed by atoms with Gasteiger partial charge >= 0.3 is 0 Å². The van der Waals surface area contributed by atoms with Gasteiger partial charge in [-0.25, -0.2) is 0 Å². The number of amides is 1. The van der Waals surface area contributed by atoms with E-state index in [0.29, 0.717) is 12.3 Å². The van der Waals surface area contributed by atoms with E-state index >= 15 is 0 Å². The molecular weight excluding hydrogens is 276 g/mol. The minimum absolute atomic E-state index is 0.194. The molecule has 1 atom stereocenters. The first-order valence-electron chi connectivity index (χ1n) is 7.33. The van der Waals surface area contributed by atoms with Crippen molar-refractivity contribution in [3.63, 3.8) is 0 Å². The number of carbonyl (C=O) groups excluding carboxylic acids is 1. The van der Waals surface area contributed by atoms with Crippen LogP contribution in [0.1, 0.15) is 23.6 Å². The summed E-state index contributed by atoms with van der Waals surface area (Å²) in [5.41, 5.74) is 9.52. The summed E-state index contributed by atoms with van der Waals surface area (Å²) in [4.78, 5) is 12.3. The summed E-state index contributed by atoms with van der Waals surface area (Å²) in [6, 6.07) is 13.4. The molecule has 0 radical (unpaired) electrons. The molecule has 0 aliphatic rings. The van der Waals surface area contributed by atoms with Gasteiger partial charge in [0.05, 0.1) is 0 Å². The van der Waals surface area contributed by atoms with Crippen LogP contribution in [0.25, 0.3) is 0 Å². The SMILES string of the molecule is Cc1cc(C)cc(OC(C)C(=O)Nc2ccccc2CN)c1. The zero-order chi connectivity index (χ0) is 16.1. The third-order valence-corrected chi connectivity index (χ3v) is 3.37. The van der Waals surface area contributed by atoms with Crippen LogP contribution < -0.4 is 15.8 Å². The Kier molecular flexibility index (Phi) is 5.17. The molecule has 0 heterocycles. The first-order valence-corrected chi connectivity index (χ1v) is 7.33. The monoisotopic (exact) mass is 298 g/mol. The fraction of sp³-hybridized carbons (Fsp3) is 0.278. The summed E-state index contributed by atoms with van der Waals surface area (Å²) in [5, 5.41) is 2.87. The van der Waals surface area contributed by atoms with Crippen molar-refractivity contribution in [1.82, 2.24) is 0 Å². The number of ether oxygens (including phenoxy) is 1. The molecule has 2 aromatic carbocycles. The van der Waals surface area contributed by atoms with Crippen LogP contribution in [0, 0.1) is 13.8 Å². The number of benzene rings is 2. The van der Waals surface area contributed by atoms with Crippen LogP contribution in [0.2, 0.25) is 0 Å². The summed E-state index contributed by atoms with van der Waals surface area (Å²) >= 11 is 0. The summed E-state index contributed by atoms with van der Waals surface area (Å²) in [6.07, 6.45) is -0.591. The predicted molar refractivity (Wildman–Crippen MR) is 89.0 cm³/mol. The molecule has 1 unspecified atom stereocenters. The molecule has 2 rings (SSSR count). The van der Waals surface area contributed by atoms with Crippen LogP contribution >= 0.6 is 0 Å². The summed E-state index contributed by atoms with van der Waals surface area (Å²) in [6.45, 7) is 6.12. The van der Waals surface area contributed by atoms with E-state index < -0.39 is 6.10 Å². The highest BCUT2D eigenvalue weighted by atomic mass is 16.5. The highest BCUT2D eigenvalue weighted by Gasteiger charge is 2.16. The number of anilines is 1. The van der Waals surface area contributed by atoms with E-state index in [9.17, 15) is 4.79 Å². The molecule has 4 heteroatoms. The smallest absolute Gasteiger partial charge is 0.265 e. The number of aryl methyl sites for hydroxylation is 2. The minimum atomic E-state index is -0.591. The molecule has 0 aliphatic heterocycles. The predicted octanol–water partition coefficient (Wildman–Crippen LogP) is 3.17. The van der Waals surface area contributed by atoms with Crippen molar-refractivity contribution in [2.45, 2.75) is 33.4 Å².